The lowest BCUT2D eigenvalue weighted by atomic mass is 10.0. The van der Waals surface area contributed by atoms with Gasteiger partial charge in [-0.2, -0.15) is 0 Å². The molecule has 0 aliphatic heterocycles. The molecule has 2 rings (SSSR count). The summed E-state index contributed by atoms with van der Waals surface area (Å²) in [5.74, 6) is -1.35. The van der Waals surface area contributed by atoms with E-state index in [1.165, 1.54) is 19.1 Å². The third-order valence-electron chi connectivity index (χ3n) is 4.04. The van der Waals surface area contributed by atoms with Crippen LogP contribution in [0.3, 0.4) is 0 Å². The SMILES string of the molecule is Cc1cc(C)c(NC(=O)[C@H](C)OC(=O)c2ccc(N)c([N+](=O)[O-])c2)c(C)c1. The summed E-state index contributed by atoms with van der Waals surface area (Å²) >= 11 is 0. The van der Waals surface area contributed by atoms with E-state index in [0.717, 1.165) is 22.8 Å². The smallest absolute Gasteiger partial charge is 0.339 e. The largest absolute Gasteiger partial charge is 0.449 e. The van der Waals surface area contributed by atoms with Gasteiger partial charge in [0, 0.05) is 11.8 Å². The van der Waals surface area contributed by atoms with Gasteiger partial charge in [0.1, 0.15) is 5.69 Å². The number of nitro groups is 1. The van der Waals surface area contributed by atoms with Crippen LogP contribution < -0.4 is 11.1 Å². The van der Waals surface area contributed by atoms with Crippen LogP contribution in [0, 0.1) is 30.9 Å². The Labute approximate surface area is 156 Å². The molecule has 0 aliphatic rings. The number of nitro benzene ring substituents is 1. The Morgan fingerprint density at radius 3 is 2.30 bits per heavy atom. The number of rotatable bonds is 5. The van der Waals surface area contributed by atoms with Gasteiger partial charge in [-0.05, 0) is 51.0 Å². The lowest BCUT2D eigenvalue weighted by Gasteiger charge is -2.17. The van der Waals surface area contributed by atoms with E-state index in [-0.39, 0.29) is 11.3 Å². The Kier molecular flexibility index (Phi) is 5.79. The third kappa shape index (κ3) is 4.60. The van der Waals surface area contributed by atoms with E-state index in [0.29, 0.717) is 5.69 Å². The molecule has 0 fully saturated rings. The van der Waals surface area contributed by atoms with Crippen molar-refractivity contribution in [2.75, 3.05) is 11.1 Å². The molecule has 0 saturated heterocycles. The second kappa shape index (κ2) is 7.86. The first-order valence-electron chi connectivity index (χ1n) is 8.23. The van der Waals surface area contributed by atoms with Crippen LogP contribution in [-0.2, 0) is 9.53 Å². The zero-order valence-corrected chi connectivity index (χ0v) is 15.5. The van der Waals surface area contributed by atoms with Crippen LogP contribution in [0.1, 0.15) is 34.0 Å². The first-order chi connectivity index (χ1) is 12.6. The summed E-state index contributed by atoms with van der Waals surface area (Å²) in [5.41, 5.74) is 8.52. The molecule has 8 heteroatoms. The lowest BCUT2D eigenvalue weighted by Crippen LogP contribution is -2.30. The van der Waals surface area contributed by atoms with Crippen LogP contribution in [0.25, 0.3) is 0 Å². The predicted octanol–water partition coefficient (Wildman–Crippen LogP) is 3.29. The van der Waals surface area contributed by atoms with Gasteiger partial charge in [0.05, 0.1) is 10.5 Å². The van der Waals surface area contributed by atoms with E-state index in [2.05, 4.69) is 5.32 Å². The molecule has 0 saturated carbocycles. The van der Waals surface area contributed by atoms with Gasteiger partial charge in [-0.1, -0.05) is 17.7 Å². The highest BCUT2D eigenvalue weighted by atomic mass is 16.6. The Bertz CT molecular complexity index is 901. The molecule has 0 aliphatic carbocycles. The number of nitrogens with two attached hydrogens (primary N) is 1. The van der Waals surface area contributed by atoms with Gasteiger partial charge in [0.25, 0.3) is 11.6 Å². The number of carbonyl (C=O) groups excluding carboxylic acids is 2. The molecule has 0 bridgehead atoms. The van der Waals surface area contributed by atoms with Crippen LogP contribution in [0.15, 0.2) is 30.3 Å². The molecule has 2 aromatic rings. The number of benzene rings is 2. The molecule has 0 unspecified atom stereocenters. The molecular weight excluding hydrogens is 350 g/mol. The van der Waals surface area contributed by atoms with Gasteiger partial charge in [-0.15, -0.1) is 0 Å². The molecule has 1 atom stereocenters. The zero-order valence-electron chi connectivity index (χ0n) is 15.5. The number of nitrogen functional groups attached to an aromatic ring is 1. The Morgan fingerprint density at radius 2 is 1.74 bits per heavy atom. The fourth-order valence-electron chi connectivity index (χ4n) is 2.71. The third-order valence-corrected chi connectivity index (χ3v) is 4.04. The van der Waals surface area contributed by atoms with Crippen LogP contribution in [0.4, 0.5) is 17.1 Å². The van der Waals surface area contributed by atoms with Crippen LogP contribution >= 0.6 is 0 Å². The zero-order chi connectivity index (χ0) is 20.3. The van der Waals surface area contributed by atoms with Crippen LogP contribution in [0.5, 0.6) is 0 Å². The van der Waals surface area contributed by atoms with Crippen molar-refractivity contribution in [1.82, 2.24) is 0 Å². The van der Waals surface area contributed by atoms with E-state index in [9.17, 15) is 19.7 Å². The van der Waals surface area contributed by atoms with Crippen LogP contribution in [-0.4, -0.2) is 22.9 Å². The number of aryl methyl sites for hydroxylation is 3. The second-order valence-electron chi connectivity index (χ2n) is 6.34. The molecule has 8 nitrogen and oxygen atoms in total. The molecule has 0 spiro atoms. The molecule has 142 valence electrons. The predicted molar refractivity (Wildman–Crippen MR) is 102 cm³/mol. The number of hydrogen-bond acceptors (Lipinski definition) is 6. The van der Waals surface area contributed by atoms with Crippen molar-refractivity contribution < 1.29 is 19.2 Å². The second-order valence-corrected chi connectivity index (χ2v) is 6.34. The summed E-state index contributed by atoms with van der Waals surface area (Å²) < 4.78 is 5.13. The van der Waals surface area contributed by atoms with Crippen molar-refractivity contribution in [3.8, 4) is 0 Å². The number of nitrogens with one attached hydrogen (secondary N) is 1. The van der Waals surface area contributed by atoms with Crippen molar-refractivity contribution in [1.29, 1.82) is 0 Å². The summed E-state index contributed by atoms with van der Waals surface area (Å²) in [6, 6.07) is 7.46. The summed E-state index contributed by atoms with van der Waals surface area (Å²) in [4.78, 5) is 34.8. The topological polar surface area (TPSA) is 125 Å². The fraction of sp³-hybridized carbons (Fsp3) is 0.263. The van der Waals surface area contributed by atoms with Crippen molar-refractivity contribution in [2.45, 2.75) is 33.8 Å². The molecular formula is C19H21N3O5. The van der Waals surface area contributed by atoms with E-state index >= 15 is 0 Å². The summed E-state index contributed by atoms with van der Waals surface area (Å²) in [7, 11) is 0. The Balaban J connectivity index is 2.12. The number of amides is 1. The van der Waals surface area contributed by atoms with Gasteiger partial charge < -0.3 is 15.8 Å². The van der Waals surface area contributed by atoms with Gasteiger partial charge in [0.2, 0.25) is 0 Å². The minimum atomic E-state index is -1.09. The molecule has 0 aromatic heterocycles. The van der Waals surface area contributed by atoms with Crippen molar-refractivity contribution in [2.24, 2.45) is 0 Å². The maximum atomic E-state index is 12.4. The number of ether oxygens (including phenoxy) is 1. The first kappa shape index (κ1) is 19.9. The average Bonchev–Trinajstić information content (AvgIpc) is 2.57. The standard InChI is InChI=1S/C19H21N3O5/c1-10-7-11(2)17(12(3)8-10)21-18(23)13(4)27-19(24)14-5-6-15(20)16(9-14)22(25)26/h5-9,13H,20H2,1-4H3,(H,21,23)/t13-/m0/s1. The van der Waals surface area contributed by atoms with Crippen molar-refractivity contribution in [3.63, 3.8) is 0 Å². The number of hydrogen-bond donors (Lipinski definition) is 2. The normalized spacial score (nSPS) is 11.6. The first-order valence-corrected chi connectivity index (χ1v) is 8.23. The van der Waals surface area contributed by atoms with E-state index < -0.39 is 28.6 Å². The number of nitrogens with zero attached hydrogens (tertiary/aromatic N) is 1. The van der Waals surface area contributed by atoms with E-state index in [4.69, 9.17) is 10.5 Å². The van der Waals surface area contributed by atoms with Gasteiger partial charge >= 0.3 is 5.97 Å². The molecule has 3 N–H and O–H groups in total. The fourth-order valence-corrected chi connectivity index (χ4v) is 2.71. The van der Waals surface area contributed by atoms with Gasteiger partial charge in [-0.25, -0.2) is 4.79 Å². The Morgan fingerprint density at radius 1 is 1.15 bits per heavy atom. The number of anilines is 2. The molecule has 1 amide bonds. The number of carbonyl (C=O) groups is 2. The minimum absolute atomic E-state index is 0.0572. The van der Waals surface area contributed by atoms with Gasteiger partial charge in [0.15, 0.2) is 6.10 Å². The maximum absolute atomic E-state index is 12.4. The lowest BCUT2D eigenvalue weighted by molar-refractivity contribution is -0.383. The number of esters is 1. The minimum Gasteiger partial charge on any atom is -0.449 e. The quantitative estimate of drug-likeness (QED) is 0.360. The molecule has 2 aromatic carbocycles. The highest BCUT2D eigenvalue weighted by Gasteiger charge is 2.22. The maximum Gasteiger partial charge on any atom is 0.339 e. The van der Waals surface area contributed by atoms with Crippen molar-refractivity contribution >= 4 is 28.9 Å². The summed E-state index contributed by atoms with van der Waals surface area (Å²) in [5, 5.41) is 13.7. The monoisotopic (exact) mass is 371 g/mol. The highest BCUT2D eigenvalue weighted by molar-refractivity contribution is 5.98. The molecule has 0 heterocycles. The van der Waals surface area contributed by atoms with E-state index in [1.54, 1.807) is 0 Å². The molecule has 0 radical (unpaired) electrons. The van der Waals surface area contributed by atoms with Crippen LogP contribution in [0.2, 0.25) is 0 Å². The van der Waals surface area contributed by atoms with E-state index in [1.807, 2.05) is 32.9 Å². The van der Waals surface area contributed by atoms with Gasteiger partial charge in [-0.3, -0.25) is 14.9 Å². The summed E-state index contributed by atoms with van der Waals surface area (Å²) in [6.07, 6.45) is -1.09. The Hall–Kier alpha value is -3.42. The van der Waals surface area contributed by atoms with Crippen molar-refractivity contribution in [3.05, 3.63) is 62.7 Å². The molecule has 27 heavy (non-hydrogen) atoms. The average molecular weight is 371 g/mol. The highest BCUT2D eigenvalue weighted by Crippen LogP contribution is 2.24. The summed E-state index contributed by atoms with van der Waals surface area (Å²) in [6.45, 7) is 7.14.